The van der Waals surface area contributed by atoms with Gasteiger partial charge in [0.05, 0.1) is 11.3 Å². The van der Waals surface area contributed by atoms with Crippen molar-refractivity contribution in [1.29, 1.82) is 0 Å². The van der Waals surface area contributed by atoms with Crippen LogP contribution in [0.2, 0.25) is 0 Å². The first-order chi connectivity index (χ1) is 16.9. The number of amides is 2. The summed E-state index contributed by atoms with van der Waals surface area (Å²) in [5, 5.41) is 14.6. The second-order valence-electron chi connectivity index (χ2n) is 7.89. The zero-order chi connectivity index (χ0) is 24.8. The van der Waals surface area contributed by atoms with Crippen LogP contribution >= 0.6 is 34.4 Å². The van der Waals surface area contributed by atoms with E-state index in [9.17, 15) is 14.4 Å². The van der Waals surface area contributed by atoms with Gasteiger partial charge in [0.1, 0.15) is 6.61 Å². The molecule has 0 aromatic heterocycles. The number of aromatic carboxylic acids is 1. The molecule has 0 atom stereocenters. The summed E-state index contributed by atoms with van der Waals surface area (Å²) in [4.78, 5) is 35.5. The fourth-order valence-electron chi connectivity index (χ4n) is 4.02. The molecule has 0 saturated carbocycles. The van der Waals surface area contributed by atoms with Crippen molar-refractivity contribution in [3.63, 3.8) is 0 Å². The standard InChI is InChI=1S/C26H23IN2O5S/c27-17-11-16(25(31)32)12-18(13-17)29-24(30)15-35-10-9-28-26(33)34-14-23-21-7-3-1-5-19(21)20-6-2-4-8-22(20)23/h1-8,11-13,23H,9-10,14-15H2,(H,28,33)(H,29,30)(H,31,32). The third kappa shape index (κ3) is 6.34. The van der Waals surface area contributed by atoms with Gasteiger partial charge in [0.15, 0.2) is 0 Å². The number of hydrogen-bond acceptors (Lipinski definition) is 5. The minimum atomic E-state index is -1.05. The van der Waals surface area contributed by atoms with Crippen LogP contribution in [0.1, 0.15) is 27.4 Å². The van der Waals surface area contributed by atoms with Gasteiger partial charge in [0, 0.05) is 27.5 Å². The van der Waals surface area contributed by atoms with Gasteiger partial charge in [-0.3, -0.25) is 4.79 Å². The van der Waals surface area contributed by atoms with Crippen LogP contribution in [0, 0.1) is 3.57 Å². The fourth-order valence-corrected chi connectivity index (χ4v) is 5.34. The molecule has 0 saturated heterocycles. The average Bonchev–Trinajstić information content (AvgIpc) is 3.16. The third-order valence-corrected chi connectivity index (χ3v) is 7.10. The molecule has 1 aliphatic rings. The molecule has 3 N–H and O–H groups in total. The molecule has 180 valence electrons. The van der Waals surface area contributed by atoms with Crippen molar-refractivity contribution in [2.24, 2.45) is 0 Å². The Morgan fingerprint density at radius 1 is 0.971 bits per heavy atom. The minimum Gasteiger partial charge on any atom is -0.478 e. The van der Waals surface area contributed by atoms with Gasteiger partial charge in [-0.2, -0.15) is 11.8 Å². The number of rotatable bonds is 9. The van der Waals surface area contributed by atoms with Crippen molar-refractivity contribution in [2.45, 2.75) is 5.92 Å². The zero-order valence-electron chi connectivity index (χ0n) is 18.6. The molecule has 1 aliphatic carbocycles. The molecule has 3 aromatic rings. The van der Waals surface area contributed by atoms with Crippen LogP contribution in [0.4, 0.5) is 10.5 Å². The van der Waals surface area contributed by atoms with Crippen molar-refractivity contribution in [3.8, 4) is 11.1 Å². The summed E-state index contributed by atoms with van der Waals surface area (Å²) in [6, 6.07) is 21.0. The summed E-state index contributed by atoms with van der Waals surface area (Å²) in [6.45, 7) is 0.616. The zero-order valence-corrected chi connectivity index (χ0v) is 21.6. The van der Waals surface area contributed by atoms with Gasteiger partial charge in [-0.05, 0) is 63.0 Å². The minimum absolute atomic E-state index is 0.00825. The summed E-state index contributed by atoms with van der Waals surface area (Å²) < 4.78 is 6.22. The molecule has 0 unspecified atom stereocenters. The molecule has 0 radical (unpaired) electrons. The number of carboxylic acid groups (broad SMARTS) is 1. The Hall–Kier alpha value is -3.05. The Bertz CT molecular complexity index is 1220. The summed E-state index contributed by atoms with van der Waals surface area (Å²) in [5.41, 5.74) is 5.23. The van der Waals surface area contributed by atoms with E-state index in [0.717, 1.165) is 14.7 Å². The molecule has 2 amide bonds. The van der Waals surface area contributed by atoms with E-state index in [2.05, 4.69) is 34.9 Å². The quantitative estimate of drug-likeness (QED) is 0.230. The Kier molecular flexibility index (Phi) is 8.29. The number of thioether (sulfide) groups is 1. The lowest BCUT2D eigenvalue weighted by Crippen LogP contribution is -2.28. The van der Waals surface area contributed by atoms with Gasteiger partial charge in [0.2, 0.25) is 5.91 Å². The maximum Gasteiger partial charge on any atom is 0.407 e. The number of benzene rings is 3. The summed E-state index contributed by atoms with van der Waals surface area (Å²) >= 11 is 3.37. The van der Waals surface area contributed by atoms with Crippen LogP contribution in [0.3, 0.4) is 0 Å². The molecule has 0 heterocycles. The first-order valence-corrected chi connectivity index (χ1v) is 13.2. The Morgan fingerprint density at radius 2 is 1.63 bits per heavy atom. The highest BCUT2D eigenvalue weighted by atomic mass is 127. The van der Waals surface area contributed by atoms with Gasteiger partial charge >= 0.3 is 12.1 Å². The topological polar surface area (TPSA) is 105 Å². The van der Waals surface area contributed by atoms with E-state index in [0.29, 0.717) is 18.0 Å². The predicted octanol–water partition coefficient (Wildman–Crippen LogP) is 5.20. The maximum atomic E-state index is 12.2. The van der Waals surface area contributed by atoms with Crippen molar-refractivity contribution in [1.82, 2.24) is 5.32 Å². The molecule has 4 rings (SSSR count). The van der Waals surface area contributed by atoms with Gasteiger partial charge in [-0.1, -0.05) is 48.5 Å². The lowest BCUT2D eigenvalue weighted by atomic mass is 9.98. The number of anilines is 1. The predicted molar refractivity (Wildman–Crippen MR) is 145 cm³/mol. The van der Waals surface area contributed by atoms with E-state index in [4.69, 9.17) is 9.84 Å². The molecule has 7 nitrogen and oxygen atoms in total. The molecule has 0 aliphatic heterocycles. The van der Waals surface area contributed by atoms with Crippen LogP contribution in [-0.2, 0) is 9.53 Å². The van der Waals surface area contributed by atoms with Crippen LogP contribution in [-0.4, -0.2) is 47.7 Å². The molecular weight excluding hydrogens is 579 g/mol. The Labute approximate surface area is 220 Å². The summed E-state index contributed by atoms with van der Waals surface area (Å²) in [5.74, 6) is -0.569. The SMILES string of the molecule is O=C(CSCCNC(=O)OCC1c2ccccc2-c2ccccc21)Nc1cc(I)cc(C(=O)O)c1. The maximum absolute atomic E-state index is 12.2. The van der Waals surface area contributed by atoms with E-state index in [1.807, 2.05) is 46.9 Å². The lowest BCUT2D eigenvalue weighted by Gasteiger charge is -2.14. The van der Waals surface area contributed by atoms with Crippen LogP contribution in [0.5, 0.6) is 0 Å². The fraction of sp³-hybridized carbons (Fsp3) is 0.192. The van der Waals surface area contributed by atoms with E-state index in [1.165, 1.54) is 35.0 Å². The van der Waals surface area contributed by atoms with Crippen molar-refractivity contribution in [2.75, 3.05) is 30.0 Å². The lowest BCUT2D eigenvalue weighted by molar-refractivity contribution is -0.113. The second kappa shape index (κ2) is 11.6. The highest BCUT2D eigenvalue weighted by molar-refractivity contribution is 14.1. The van der Waals surface area contributed by atoms with Gasteiger partial charge in [0.25, 0.3) is 0 Å². The first kappa shape index (κ1) is 25.1. The smallest absolute Gasteiger partial charge is 0.407 e. The third-order valence-electron chi connectivity index (χ3n) is 5.52. The number of alkyl carbamates (subject to hydrolysis) is 1. The average molecular weight is 602 g/mol. The van der Waals surface area contributed by atoms with Crippen LogP contribution < -0.4 is 10.6 Å². The normalized spacial score (nSPS) is 11.9. The number of halogens is 1. The summed E-state index contributed by atoms with van der Waals surface area (Å²) in [7, 11) is 0. The molecule has 9 heteroatoms. The molecule has 0 fully saturated rings. The largest absolute Gasteiger partial charge is 0.478 e. The Balaban J connectivity index is 1.18. The molecule has 0 bridgehead atoms. The number of hydrogen-bond donors (Lipinski definition) is 3. The van der Waals surface area contributed by atoms with Crippen molar-refractivity contribution in [3.05, 3.63) is 87.0 Å². The second-order valence-corrected chi connectivity index (χ2v) is 10.2. The number of carbonyl (C=O) groups is 3. The van der Waals surface area contributed by atoms with E-state index >= 15 is 0 Å². The van der Waals surface area contributed by atoms with Crippen LogP contribution in [0.25, 0.3) is 11.1 Å². The monoisotopic (exact) mass is 602 g/mol. The highest BCUT2D eigenvalue weighted by Crippen LogP contribution is 2.44. The number of carbonyl (C=O) groups excluding carboxylic acids is 2. The van der Waals surface area contributed by atoms with Crippen molar-refractivity contribution < 1.29 is 24.2 Å². The van der Waals surface area contributed by atoms with Gasteiger partial charge in [-0.15, -0.1) is 0 Å². The van der Waals surface area contributed by atoms with Crippen LogP contribution in [0.15, 0.2) is 66.7 Å². The number of fused-ring (bicyclic) bond motifs is 3. The van der Waals surface area contributed by atoms with E-state index < -0.39 is 12.1 Å². The molecule has 35 heavy (non-hydrogen) atoms. The van der Waals surface area contributed by atoms with E-state index in [-0.39, 0.29) is 29.7 Å². The van der Waals surface area contributed by atoms with Gasteiger partial charge in [-0.25, -0.2) is 9.59 Å². The number of carboxylic acids is 1. The molecule has 3 aromatic carbocycles. The number of nitrogens with one attached hydrogen (secondary N) is 2. The number of ether oxygens (including phenoxy) is 1. The molecular formula is C26H23IN2O5S. The highest BCUT2D eigenvalue weighted by Gasteiger charge is 2.28. The van der Waals surface area contributed by atoms with Crippen molar-refractivity contribution >= 4 is 58.0 Å². The molecule has 0 spiro atoms. The Morgan fingerprint density at radius 3 is 2.29 bits per heavy atom. The van der Waals surface area contributed by atoms with Gasteiger partial charge < -0.3 is 20.5 Å². The first-order valence-electron chi connectivity index (χ1n) is 10.9. The van der Waals surface area contributed by atoms with E-state index in [1.54, 1.807) is 6.07 Å². The summed E-state index contributed by atoms with van der Waals surface area (Å²) in [6.07, 6.45) is -0.489.